The number of halogens is 3. The van der Waals surface area contributed by atoms with E-state index in [1.807, 2.05) is 0 Å². The summed E-state index contributed by atoms with van der Waals surface area (Å²) in [4.78, 5) is 13.1. The van der Waals surface area contributed by atoms with Crippen LogP contribution in [0.5, 0.6) is 0 Å². The second kappa shape index (κ2) is 9.34. The SMILES string of the molecule is CN(CC(N)CC1CCC(F)(F)CC1)C(=O)OCCSI. The van der Waals surface area contributed by atoms with Gasteiger partial charge in [-0.15, -0.1) is 0 Å². The van der Waals surface area contributed by atoms with Crippen LogP contribution in [-0.4, -0.2) is 48.9 Å². The molecule has 8 heteroatoms. The molecule has 1 aliphatic rings. The first-order chi connectivity index (χ1) is 9.84. The van der Waals surface area contributed by atoms with Gasteiger partial charge in [-0.05, 0) is 46.4 Å². The standard InChI is InChI=1S/C13H23F2IN2O2S/c1-18(12(19)20-6-7-21-16)9-11(17)8-10-2-4-13(14,15)5-3-10/h10-11H,2-9,17H2,1H3. The Labute approximate surface area is 141 Å². The van der Waals surface area contributed by atoms with Gasteiger partial charge in [-0.2, -0.15) is 0 Å². The lowest BCUT2D eigenvalue weighted by Gasteiger charge is -2.30. The quantitative estimate of drug-likeness (QED) is 0.489. The van der Waals surface area contributed by atoms with Gasteiger partial charge in [-0.25, -0.2) is 13.6 Å². The fourth-order valence-electron chi connectivity index (χ4n) is 2.54. The highest BCUT2D eigenvalue weighted by Gasteiger charge is 2.35. The first-order valence-electron chi connectivity index (χ1n) is 7.09. The molecule has 0 spiro atoms. The number of nitrogens with two attached hydrogens (primary N) is 1. The number of hydrogen-bond donors (Lipinski definition) is 1. The molecule has 1 aliphatic carbocycles. The minimum Gasteiger partial charge on any atom is -0.449 e. The second-order valence-corrected chi connectivity index (χ2v) is 8.10. The van der Waals surface area contributed by atoms with Crippen molar-refractivity contribution in [2.24, 2.45) is 11.7 Å². The molecule has 124 valence electrons. The van der Waals surface area contributed by atoms with Crippen LogP contribution in [0, 0.1) is 5.92 Å². The van der Waals surface area contributed by atoms with E-state index in [2.05, 4.69) is 21.2 Å². The molecular formula is C13H23F2IN2O2S. The first-order valence-corrected chi connectivity index (χ1v) is 10.6. The van der Waals surface area contributed by atoms with Gasteiger partial charge in [0, 0.05) is 38.2 Å². The summed E-state index contributed by atoms with van der Waals surface area (Å²) in [6, 6.07) is -0.196. The average Bonchev–Trinajstić information content (AvgIpc) is 2.41. The van der Waals surface area contributed by atoms with Crippen molar-refractivity contribution in [1.82, 2.24) is 4.90 Å². The molecule has 0 aromatic carbocycles. The van der Waals surface area contributed by atoms with Crippen LogP contribution in [0.25, 0.3) is 0 Å². The van der Waals surface area contributed by atoms with Gasteiger partial charge in [0.05, 0.1) is 0 Å². The van der Waals surface area contributed by atoms with E-state index in [4.69, 9.17) is 10.5 Å². The van der Waals surface area contributed by atoms with Gasteiger partial charge in [-0.1, -0.05) is 8.93 Å². The Hall–Kier alpha value is 0.170. The Morgan fingerprint density at radius 3 is 2.71 bits per heavy atom. The first kappa shape index (κ1) is 19.2. The number of carbonyl (C=O) groups excluding carboxylic acids is 1. The average molecular weight is 436 g/mol. The van der Waals surface area contributed by atoms with Crippen LogP contribution < -0.4 is 5.73 Å². The van der Waals surface area contributed by atoms with Crippen LogP contribution in [0.15, 0.2) is 0 Å². The monoisotopic (exact) mass is 436 g/mol. The lowest BCUT2D eigenvalue weighted by atomic mass is 9.83. The molecule has 0 radical (unpaired) electrons. The molecule has 0 aromatic rings. The van der Waals surface area contributed by atoms with Crippen molar-refractivity contribution in [2.75, 3.05) is 26.0 Å². The zero-order valence-electron chi connectivity index (χ0n) is 12.2. The summed E-state index contributed by atoms with van der Waals surface area (Å²) in [5, 5.41) is 0. The maximum absolute atomic E-state index is 13.1. The maximum Gasteiger partial charge on any atom is 0.409 e. The summed E-state index contributed by atoms with van der Waals surface area (Å²) in [6.45, 7) is 0.771. The molecule has 2 N–H and O–H groups in total. The Morgan fingerprint density at radius 1 is 1.52 bits per heavy atom. The van der Waals surface area contributed by atoms with E-state index in [1.165, 1.54) is 4.90 Å². The molecule has 1 rings (SSSR count). The molecule has 1 saturated carbocycles. The van der Waals surface area contributed by atoms with Gasteiger partial charge >= 0.3 is 6.09 Å². The van der Waals surface area contributed by atoms with Crippen molar-refractivity contribution in [2.45, 2.75) is 44.1 Å². The Balaban J connectivity index is 2.23. The number of carbonyl (C=O) groups is 1. The lowest BCUT2D eigenvalue weighted by Crippen LogP contribution is -2.40. The predicted octanol–water partition coefficient (Wildman–Crippen LogP) is 3.68. The van der Waals surface area contributed by atoms with Gasteiger partial charge in [-0.3, -0.25) is 0 Å². The highest BCUT2D eigenvalue weighted by atomic mass is 127. The van der Waals surface area contributed by atoms with Crippen molar-refractivity contribution < 1.29 is 18.3 Å². The third kappa shape index (κ3) is 7.83. The summed E-state index contributed by atoms with van der Waals surface area (Å²) in [6.07, 6.45) is 1.24. The highest BCUT2D eigenvalue weighted by molar-refractivity contribution is 14.2. The van der Waals surface area contributed by atoms with Crippen molar-refractivity contribution in [3.05, 3.63) is 0 Å². The number of hydrogen-bond acceptors (Lipinski definition) is 4. The molecule has 0 aliphatic heterocycles. The molecule has 1 unspecified atom stereocenters. The molecular weight excluding hydrogens is 413 g/mol. The molecule has 1 amide bonds. The number of likely N-dealkylation sites (N-methyl/N-ethyl adjacent to an activating group) is 1. The van der Waals surface area contributed by atoms with E-state index < -0.39 is 5.92 Å². The minimum atomic E-state index is -2.50. The van der Waals surface area contributed by atoms with Gasteiger partial charge < -0.3 is 15.4 Å². The van der Waals surface area contributed by atoms with Crippen molar-refractivity contribution in [1.29, 1.82) is 0 Å². The Bertz CT molecular complexity index is 327. The van der Waals surface area contributed by atoms with E-state index in [-0.39, 0.29) is 30.9 Å². The summed E-state index contributed by atoms with van der Waals surface area (Å²) in [5.41, 5.74) is 6.02. The fraction of sp³-hybridized carbons (Fsp3) is 0.923. The molecule has 0 bridgehead atoms. The number of ether oxygens (including phenoxy) is 1. The minimum absolute atomic E-state index is 0.0454. The normalized spacial score (nSPS) is 20.0. The summed E-state index contributed by atoms with van der Waals surface area (Å²) < 4.78 is 31.2. The Morgan fingerprint density at radius 2 is 2.14 bits per heavy atom. The molecule has 1 atom stereocenters. The van der Waals surface area contributed by atoms with E-state index >= 15 is 0 Å². The molecule has 4 nitrogen and oxygen atoms in total. The van der Waals surface area contributed by atoms with E-state index in [0.29, 0.717) is 32.4 Å². The van der Waals surface area contributed by atoms with Crippen LogP contribution in [0.3, 0.4) is 0 Å². The number of alkyl halides is 2. The zero-order chi connectivity index (χ0) is 15.9. The summed E-state index contributed by atoms with van der Waals surface area (Å²) in [7, 11) is 3.23. The van der Waals surface area contributed by atoms with Gasteiger partial charge in [0.25, 0.3) is 0 Å². The fourth-order valence-corrected chi connectivity index (χ4v) is 3.22. The molecule has 1 fully saturated rings. The van der Waals surface area contributed by atoms with Crippen molar-refractivity contribution in [3.8, 4) is 0 Å². The third-order valence-corrected chi connectivity index (χ3v) is 5.32. The highest BCUT2D eigenvalue weighted by Crippen LogP contribution is 2.37. The largest absolute Gasteiger partial charge is 0.449 e. The zero-order valence-corrected chi connectivity index (χ0v) is 15.2. The van der Waals surface area contributed by atoms with Crippen LogP contribution >= 0.6 is 30.1 Å². The molecule has 0 aromatic heterocycles. The van der Waals surface area contributed by atoms with E-state index in [1.54, 1.807) is 16.0 Å². The van der Waals surface area contributed by atoms with Crippen LogP contribution in [0.4, 0.5) is 13.6 Å². The summed E-state index contributed by atoms with van der Waals surface area (Å²) in [5.74, 6) is -1.51. The van der Waals surface area contributed by atoms with Crippen LogP contribution in [0.1, 0.15) is 32.1 Å². The van der Waals surface area contributed by atoms with E-state index in [9.17, 15) is 13.6 Å². The maximum atomic E-state index is 13.1. The third-order valence-electron chi connectivity index (χ3n) is 3.68. The lowest BCUT2D eigenvalue weighted by molar-refractivity contribution is -0.0472. The Kier molecular flexibility index (Phi) is 8.55. The van der Waals surface area contributed by atoms with Crippen molar-refractivity contribution >= 4 is 36.2 Å². The van der Waals surface area contributed by atoms with Crippen LogP contribution in [0.2, 0.25) is 0 Å². The second-order valence-electron chi connectivity index (χ2n) is 5.60. The number of amides is 1. The van der Waals surface area contributed by atoms with Gasteiger partial charge in [0.1, 0.15) is 6.61 Å². The molecule has 0 saturated heterocycles. The molecule has 0 heterocycles. The van der Waals surface area contributed by atoms with E-state index in [0.717, 1.165) is 5.75 Å². The smallest absolute Gasteiger partial charge is 0.409 e. The van der Waals surface area contributed by atoms with Gasteiger partial charge in [0.15, 0.2) is 0 Å². The number of rotatable bonds is 7. The van der Waals surface area contributed by atoms with Gasteiger partial charge in [0.2, 0.25) is 5.92 Å². The number of nitrogens with zero attached hydrogens (tertiary/aromatic N) is 1. The topological polar surface area (TPSA) is 55.6 Å². The summed E-state index contributed by atoms with van der Waals surface area (Å²) >= 11 is 2.14. The molecule has 21 heavy (non-hydrogen) atoms. The van der Waals surface area contributed by atoms with Crippen LogP contribution in [-0.2, 0) is 4.74 Å². The van der Waals surface area contributed by atoms with Crippen molar-refractivity contribution in [3.63, 3.8) is 0 Å². The predicted molar refractivity (Wildman–Crippen MR) is 90.0 cm³/mol.